The Morgan fingerprint density at radius 1 is 1.25 bits per heavy atom. The summed E-state index contributed by atoms with van der Waals surface area (Å²) in [6.45, 7) is 8.28. The second kappa shape index (κ2) is 10.3. The highest BCUT2D eigenvalue weighted by Gasteiger charge is 2.24. The summed E-state index contributed by atoms with van der Waals surface area (Å²) in [5.74, 6) is -1.59. The molecule has 20 heavy (non-hydrogen) atoms. The molecule has 1 amide bonds. The van der Waals surface area contributed by atoms with E-state index in [9.17, 15) is 14.4 Å². The number of hydrogen-bond acceptors (Lipinski definition) is 6. The van der Waals surface area contributed by atoms with E-state index in [4.69, 9.17) is 4.74 Å². The molecule has 0 saturated carbocycles. The van der Waals surface area contributed by atoms with Crippen molar-refractivity contribution in [1.29, 1.82) is 0 Å². The molecule has 0 aromatic heterocycles. The fourth-order valence-corrected chi connectivity index (χ4v) is 1.41. The van der Waals surface area contributed by atoms with Crippen LogP contribution in [-0.2, 0) is 23.9 Å². The topological polar surface area (TPSA) is 84.9 Å². The normalized spacial score (nSPS) is 16.4. The summed E-state index contributed by atoms with van der Waals surface area (Å²) in [7, 11) is 2.11. The van der Waals surface area contributed by atoms with Gasteiger partial charge in [0.1, 0.15) is 0 Å². The van der Waals surface area contributed by atoms with Crippen LogP contribution in [0.25, 0.3) is 0 Å². The lowest BCUT2D eigenvalue weighted by molar-refractivity contribution is -0.150. The van der Waals surface area contributed by atoms with Crippen LogP contribution in [0.3, 0.4) is 0 Å². The van der Waals surface area contributed by atoms with Crippen molar-refractivity contribution < 1.29 is 23.9 Å². The quantitative estimate of drug-likeness (QED) is 0.559. The first-order valence-electron chi connectivity index (χ1n) is 6.59. The Balaban J connectivity index is 0.000000428. The Hall–Kier alpha value is -1.47. The molecule has 1 aliphatic rings. The van der Waals surface area contributed by atoms with E-state index in [1.807, 2.05) is 0 Å². The van der Waals surface area contributed by atoms with Crippen LogP contribution in [0.2, 0.25) is 0 Å². The molecule has 0 aliphatic carbocycles. The number of Topliss-reactive ketones (excluding diaryl/α,β-unsaturated/α-hetero) is 1. The predicted octanol–water partition coefficient (Wildman–Crippen LogP) is -0.408. The number of amides is 1. The van der Waals surface area contributed by atoms with Crippen LogP contribution in [0.5, 0.6) is 0 Å². The molecule has 0 bridgehead atoms. The van der Waals surface area contributed by atoms with Gasteiger partial charge in [-0.15, -0.1) is 0 Å². The van der Waals surface area contributed by atoms with Gasteiger partial charge in [-0.25, -0.2) is 4.79 Å². The summed E-state index contributed by atoms with van der Waals surface area (Å²) in [5.41, 5.74) is 0. The van der Waals surface area contributed by atoms with Crippen LogP contribution >= 0.6 is 0 Å². The lowest BCUT2D eigenvalue weighted by Gasteiger charge is -2.21. The summed E-state index contributed by atoms with van der Waals surface area (Å²) in [4.78, 5) is 34.8. The third-order valence-electron chi connectivity index (χ3n) is 2.51. The van der Waals surface area contributed by atoms with Crippen molar-refractivity contribution in [3.05, 3.63) is 0 Å². The second-order valence-electron chi connectivity index (χ2n) is 4.41. The van der Waals surface area contributed by atoms with E-state index in [-0.39, 0.29) is 6.61 Å². The Bertz CT molecular complexity index is 327. The Morgan fingerprint density at radius 3 is 2.10 bits per heavy atom. The van der Waals surface area contributed by atoms with Gasteiger partial charge in [0.05, 0.1) is 19.8 Å². The van der Waals surface area contributed by atoms with Crippen LogP contribution in [0, 0.1) is 0 Å². The van der Waals surface area contributed by atoms with Crippen LogP contribution in [0.4, 0.5) is 0 Å². The molecule has 0 radical (unpaired) electrons. The number of nitrogens with zero attached hydrogens (tertiary/aromatic N) is 1. The lowest BCUT2D eigenvalue weighted by atomic mass is 10.2. The molecule has 116 valence electrons. The fraction of sp³-hybridized carbons (Fsp3) is 0.769. The van der Waals surface area contributed by atoms with E-state index in [1.165, 1.54) is 13.8 Å². The van der Waals surface area contributed by atoms with E-state index in [0.29, 0.717) is 0 Å². The number of carbonyl (C=O) groups is 3. The van der Waals surface area contributed by atoms with Crippen molar-refractivity contribution in [2.75, 3.05) is 40.0 Å². The molecule has 0 aromatic carbocycles. The number of ether oxygens (including phenoxy) is 2. The van der Waals surface area contributed by atoms with Gasteiger partial charge in [-0.05, 0) is 20.9 Å². The van der Waals surface area contributed by atoms with Gasteiger partial charge in [-0.1, -0.05) is 0 Å². The first-order valence-corrected chi connectivity index (χ1v) is 6.59. The Kier molecular flexibility index (Phi) is 9.57. The molecule has 1 heterocycles. The summed E-state index contributed by atoms with van der Waals surface area (Å²) >= 11 is 0. The second-order valence-corrected chi connectivity index (χ2v) is 4.41. The number of hydrogen-bond donors (Lipinski definition) is 1. The van der Waals surface area contributed by atoms with Crippen molar-refractivity contribution in [1.82, 2.24) is 10.2 Å². The minimum Gasteiger partial charge on any atom is -0.464 e. The SMILES string of the molecule is CCOC(=O)C(NC(C)=O)C(C)=O.CN1CCOCC1. The van der Waals surface area contributed by atoms with Crippen LogP contribution in [0.15, 0.2) is 0 Å². The standard InChI is InChI=1S/C8H13NO4.C5H11NO/c1-4-13-8(12)7(5(2)10)9-6(3)11;1-6-2-4-7-5-3-6/h7H,4H2,1-3H3,(H,9,11);2-5H2,1H3. The molecule has 0 spiro atoms. The molecule has 1 rings (SSSR count). The molecule has 1 fully saturated rings. The molecule has 1 aliphatic heterocycles. The van der Waals surface area contributed by atoms with E-state index < -0.39 is 23.7 Å². The molecule has 1 unspecified atom stereocenters. The van der Waals surface area contributed by atoms with E-state index in [1.54, 1.807) is 6.92 Å². The smallest absolute Gasteiger partial charge is 0.336 e. The maximum Gasteiger partial charge on any atom is 0.336 e. The van der Waals surface area contributed by atoms with Gasteiger partial charge in [0.2, 0.25) is 5.91 Å². The molecule has 1 atom stereocenters. The monoisotopic (exact) mass is 288 g/mol. The average Bonchev–Trinajstić information content (AvgIpc) is 2.37. The third-order valence-corrected chi connectivity index (χ3v) is 2.51. The summed E-state index contributed by atoms with van der Waals surface area (Å²) in [6, 6.07) is -1.17. The van der Waals surface area contributed by atoms with E-state index >= 15 is 0 Å². The van der Waals surface area contributed by atoms with Gasteiger partial charge in [-0.3, -0.25) is 9.59 Å². The summed E-state index contributed by atoms with van der Waals surface area (Å²) in [6.07, 6.45) is 0. The van der Waals surface area contributed by atoms with Gasteiger partial charge < -0.3 is 19.7 Å². The number of carbonyl (C=O) groups excluding carboxylic acids is 3. The first kappa shape index (κ1) is 18.5. The molecule has 7 heteroatoms. The zero-order valence-electron chi connectivity index (χ0n) is 12.6. The minimum atomic E-state index is -1.17. The van der Waals surface area contributed by atoms with E-state index in [0.717, 1.165) is 26.3 Å². The van der Waals surface area contributed by atoms with Gasteiger partial charge in [0.25, 0.3) is 0 Å². The zero-order chi connectivity index (χ0) is 15.5. The molecular weight excluding hydrogens is 264 g/mol. The van der Waals surface area contributed by atoms with Crippen molar-refractivity contribution in [2.45, 2.75) is 26.8 Å². The van der Waals surface area contributed by atoms with Gasteiger partial charge in [-0.2, -0.15) is 0 Å². The van der Waals surface area contributed by atoms with Crippen LogP contribution in [0.1, 0.15) is 20.8 Å². The maximum absolute atomic E-state index is 11.1. The molecule has 1 N–H and O–H groups in total. The Morgan fingerprint density at radius 2 is 1.80 bits per heavy atom. The number of esters is 1. The van der Waals surface area contributed by atoms with Crippen LogP contribution in [-0.4, -0.2) is 68.6 Å². The maximum atomic E-state index is 11.1. The number of nitrogens with one attached hydrogen (secondary N) is 1. The average molecular weight is 288 g/mol. The highest BCUT2D eigenvalue weighted by Crippen LogP contribution is 1.91. The zero-order valence-corrected chi connectivity index (χ0v) is 12.6. The largest absolute Gasteiger partial charge is 0.464 e. The van der Waals surface area contributed by atoms with Gasteiger partial charge in [0, 0.05) is 20.0 Å². The van der Waals surface area contributed by atoms with Crippen molar-refractivity contribution in [2.24, 2.45) is 0 Å². The number of ketones is 1. The highest BCUT2D eigenvalue weighted by molar-refractivity contribution is 6.04. The van der Waals surface area contributed by atoms with Crippen molar-refractivity contribution >= 4 is 17.7 Å². The van der Waals surface area contributed by atoms with Crippen molar-refractivity contribution in [3.8, 4) is 0 Å². The predicted molar refractivity (Wildman–Crippen MR) is 73.2 cm³/mol. The fourth-order valence-electron chi connectivity index (χ4n) is 1.41. The number of rotatable bonds is 4. The van der Waals surface area contributed by atoms with Crippen LogP contribution < -0.4 is 5.32 Å². The third kappa shape index (κ3) is 8.60. The first-order chi connectivity index (χ1) is 9.38. The van der Waals surface area contributed by atoms with Gasteiger partial charge in [0.15, 0.2) is 11.8 Å². The van der Waals surface area contributed by atoms with Crippen molar-refractivity contribution in [3.63, 3.8) is 0 Å². The number of likely N-dealkylation sites (N-methyl/N-ethyl adjacent to an activating group) is 1. The van der Waals surface area contributed by atoms with E-state index in [2.05, 4.69) is 22.0 Å². The number of morpholine rings is 1. The summed E-state index contributed by atoms with van der Waals surface area (Å²) in [5, 5.41) is 2.20. The highest BCUT2D eigenvalue weighted by atomic mass is 16.5. The summed E-state index contributed by atoms with van der Waals surface area (Å²) < 4.78 is 9.69. The lowest BCUT2D eigenvalue weighted by Crippen LogP contribution is -2.45. The molecule has 1 saturated heterocycles. The minimum absolute atomic E-state index is 0.183. The molecular formula is C13H24N2O5. The van der Waals surface area contributed by atoms with Gasteiger partial charge >= 0.3 is 5.97 Å². The molecule has 0 aromatic rings. The molecule has 7 nitrogen and oxygen atoms in total. The Labute approximate surface area is 119 Å².